The van der Waals surface area contributed by atoms with Gasteiger partial charge >= 0.3 is 13.1 Å². The lowest BCUT2D eigenvalue weighted by atomic mass is 9.43. The Kier molecular flexibility index (Phi) is 9.19. The molecule has 2 bridgehead atoms. The molecule has 3 saturated carbocycles. The van der Waals surface area contributed by atoms with Crippen molar-refractivity contribution in [2.45, 2.75) is 97.0 Å². The van der Waals surface area contributed by atoms with Crippen molar-refractivity contribution in [3.63, 3.8) is 0 Å². The quantitative estimate of drug-likeness (QED) is 0.356. The van der Waals surface area contributed by atoms with Crippen LogP contribution in [-0.4, -0.2) is 42.7 Å². The number of carbonyl (C=O) groups excluding carboxylic acids is 2. The van der Waals surface area contributed by atoms with Crippen LogP contribution in [0, 0.1) is 23.2 Å². The standard InChI is InChI=1S/C27H41BN2O5.ClH/c1-17(2)13-23(28-34-22-15-19-14-21(26(19,3)4)27(22,5)35-28)30-25(32)20(29)11-12-24(31)33-16-18-9-7-6-8-10-18;/h6-10,17,19-23H,11-16,29H2,1-5H3,(H,30,32);1H/t19-,20-,21-,22+,23-,27-;/m0./s1. The van der Waals surface area contributed by atoms with Gasteiger partial charge in [-0.15, -0.1) is 12.4 Å². The van der Waals surface area contributed by atoms with Gasteiger partial charge in [0.15, 0.2) is 0 Å². The molecule has 4 aliphatic rings. The molecule has 3 aliphatic carbocycles. The normalized spacial score (nSPS) is 29.4. The lowest BCUT2D eigenvalue weighted by molar-refractivity contribution is -0.199. The van der Waals surface area contributed by atoms with E-state index in [-0.39, 0.29) is 66.8 Å². The Morgan fingerprint density at radius 1 is 1.19 bits per heavy atom. The summed E-state index contributed by atoms with van der Waals surface area (Å²) in [5, 5.41) is 3.08. The molecule has 0 aromatic heterocycles. The number of rotatable bonds is 10. The zero-order chi connectivity index (χ0) is 25.4. The average molecular weight is 521 g/mol. The summed E-state index contributed by atoms with van der Waals surface area (Å²) in [6.45, 7) is 11.3. The van der Waals surface area contributed by atoms with Gasteiger partial charge < -0.3 is 25.1 Å². The molecule has 1 amide bonds. The van der Waals surface area contributed by atoms with Crippen molar-refractivity contribution in [3.8, 4) is 0 Å². The third-order valence-electron chi connectivity index (χ3n) is 8.59. The van der Waals surface area contributed by atoms with Crippen molar-refractivity contribution >= 4 is 31.4 Å². The highest BCUT2D eigenvalue weighted by molar-refractivity contribution is 6.47. The first-order valence-electron chi connectivity index (χ1n) is 13.1. The molecule has 1 saturated heterocycles. The lowest BCUT2D eigenvalue weighted by Crippen LogP contribution is -2.65. The molecule has 1 aliphatic heterocycles. The maximum Gasteiger partial charge on any atom is 0.481 e. The second-order valence-electron chi connectivity index (χ2n) is 11.9. The van der Waals surface area contributed by atoms with Crippen LogP contribution in [-0.2, 0) is 30.2 Å². The van der Waals surface area contributed by atoms with Gasteiger partial charge in [-0.25, -0.2) is 0 Å². The number of hydrogen-bond donors (Lipinski definition) is 2. The van der Waals surface area contributed by atoms with E-state index in [0.29, 0.717) is 17.8 Å². The number of benzene rings is 1. The molecule has 200 valence electrons. The zero-order valence-electron chi connectivity index (χ0n) is 22.2. The maximum absolute atomic E-state index is 13.0. The Morgan fingerprint density at radius 2 is 1.89 bits per heavy atom. The predicted octanol–water partition coefficient (Wildman–Crippen LogP) is 4.06. The molecule has 6 atom stereocenters. The number of hydrogen-bond acceptors (Lipinski definition) is 6. The zero-order valence-corrected chi connectivity index (χ0v) is 23.0. The second kappa shape index (κ2) is 11.4. The van der Waals surface area contributed by atoms with Gasteiger partial charge in [-0.3, -0.25) is 9.59 Å². The Morgan fingerprint density at radius 3 is 2.53 bits per heavy atom. The van der Waals surface area contributed by atoms with Crippen LogP contribution >= 0.6 is 12.4 Å². The topological polar surface area (TPSA) is 99.9 Å². The second-order valence-corrected chi connectivity index (χ2v) is 11.9. The van der Waals surface area contributed by atoms with E-state index in [2.05, 4.69) is 39.9 Å². The summed E-state index contributed by atoms with van der Waals surface area (Å²) in [4.78, 5) is 25.1. The number of carbonyl (C=O) groups is 2. The van der Waals surface area contributed by atoms with Crippen LogP contribution in [0.2, 0.25) is 0 Å². The molecule has 0 unspecified atom stereocenters. The molecule has 1 aromatic carbocycles. The fourth-order valence-electron chi connectivity index (χ4n) is 6.32. The number of nitrogens with two attached hydrogens (primary N) is 1. The SMILES string of the molecule is CC(C)C[C@H](NC(=O)[C@@H](N)CCC(=O)OCc1ccccc1)B1O[C@@H]2C[C@@H]3C[C@@H](C3(C)C)[C@]2(C)O1.Cl. The Bertz CT molecular complexity index is 917. The van der Waals surface area contributed by atoms with Crippen LogP contribution in [0.15, 0.2) is 30.3 Å². The first-order valence-corrected chi connectivity index (χ1v) is 13.1. The van der Waals surface area contributed by atoms with Gasteiger partial charge in [0.1, 0.15) is 6.61 Å². The highest BCUT2D eigenvalue weighted by atomic mass is 35.5. The minimum atomic E-state index is -0.806. The van der Waals surface area contributed by atoms with E-state index in [1.807, 2.05) is 30.3 Å². The van der Waals surface area contributed by atoms with Gasteiger partial charge in [-0.2, -0.15) is 0 Å². The van der Waals surface area contributed by atoms with E-state index in [9.17, 15) is 9.59 Å². The van der Waals surface area contributed by atoms with E-state index < -0.39 is 13.2 Å². The molecule has 36 heavy (non-hydrogen) atoms. The largest absolute Gasteiger partial charge is 0.481 e. The third kappa shape index (κ3) is 5.93. The van der Waals surface area contributed by atoms with E-state index >= 15 is 0 Å². The summed E-state index contributed by atoms with van der Waals surface area (Å²) in [6, 6.07) is 8.70. The van der Waals surface area contributed by atoms with Crippen LogP contribution in [0.25, 0.3) is 0 Å². The summed E-state index contributed by atoms with van der Waals surface area (Å²) >= 11 is 0. The van der Waals surface area contributed by atoms with E-state index in [0.717, 1.165) is 18.4 Å². The average Bonchev–Trinajstić information content (AvgIpc) is 3.18. The Hall–Kier alpha value is -1.61. The summed E-state index contributed by atoms with van der Waals surface area (Å²) in [6.07, 6.45) is 3.28. The van der Waals surface area contributed by atoms with E-state index in [1.54, 1.807) is 0 Å². The molecule has 3 N–H and O–H groups in total. The summed E-state index contributed by atoms with van der Waals surface area (Å²) in [5.41, 5.74) is 7.01. The van der Waals surface area contributed by atoms with Crippen LogP contribution in [0.3, 0.4) is 0 Å². The van der Waals surface area contributed by atoms with Crippen molar-refractivity contribution in [2.75, 3.05) is 0 Å². The third-order valence-corrected chi connectivity index (χ3v) is 8.59. The van der Waals surface area contributed by atoms with Crippen molar-refractivity contribution in [3.05, 3.63) is 35.9 Å². The molecule has 0 spiro atoms. The Balaban J connectivity index is 0.00000361. The summed E-state index contributed by atoms with van der Waals surface area (Å²) < 4.78 is 18.3. The van der Waals surface area contributed by atoms with Crippen molar-refractivity contribution < 1.29 is 23.6 Å². The van der Waals surface area contributed by atoms with Crippen molar-refractivity contribution in [1.29, 1.82) is 0 Å². The minimum absolute atomic E-state index is 0. The molecule has 0 radical (unpaired) electrons. The number of amides is 1. The number of nitrogens with one attached hydrogen (secondary N) is 1. The van der Waals surface area contributed by atoms with Crippen LogP contribution in [0.1, 0.15) is 72.3 Å². The number of esters is 1. The highest BCUT2D eigenvalue weighted by Crippen LogP contribution is 2.65. The highest BCUT2D eigenvalue weighted by Gasteiger charge is 2.68. The number of halogens is 1. The van der Waals surface area contributed by atoms with Gasteiger partial charge in [-0.1, -0.05) is 58.0 Å². The monoisotopic (exact) mass is 520 g/mol. The van der Waals surface area contributed by atoms with Crippen molar-refractivity contribution in [1.82, 2.24) is 5.32 Å². The van der Waals surface area contributed by atoms with Gasteiger partial charge in [0.05, 0.1) is 23.7 Å². The van der Waals surface area contributed by atoms with Gasteiger partial charge in [0.25, 0.3) is 0 Å². The van der Waals surface area contributed by atoms with E-state index in [4.69, 9.17) is 19.8 Å². The first kappa shape index (κ1) is 29.0. The predicted molar refractivity (Wildman–Crippen MR) is 142 cm³/mol. The lowest BCUT2D eigenvalue weighted by Gasteiger charge is -2.64. The molecular formula is C27H42BClN2O5. The van der Waals surface area contributed by atoms with E-state index in [1.165, 1.54) is 6.42 Å². The Labute approximate surface area is 222 Å². The van der Waals surface area contributed by atoms with Crippen LogP contribution in [0.5, 0.6) is 0 Å². The van der Waals surface area contributed by atoms with Gasteiger partial charge in [0, 0.05) is 6.42 Å². The van der Waals surface area contributed by atoms with Crippen LogP contribution in [0.4, 0.5) is 0 Å². The number of ether oxygens (including phenoxy) is 1. The molecule has 1 aromatic rings. The van der Waals surface area contributed by atoms with Gasteiger partial charge in [0.2, 0.25) is 5.91 Å². The fraction of sp³-hybridized carbons (Fsp3) is 0.704. The first-order chi connectivity index (χ1) is 16.5. The molecule has 1 heterocycles. The summed E-state index contributed by atoms with van der Waals surface area (Å²) in [7, 11) is -0.491. The van der Waals surface area contributed by atoms with Crippen molar-refractivity contribution in [2.24, 2.45) is 28.9 Å². The molecule has 7 nitrogen and oxygen atoms in total. The molecular weight excluding hydrogens is 479 g/mol. The molecule has 4 fully saturated rings. The van der Waals surface area contributed by atoms with Gasteiger partial charge in [-0.05, 0) is 61.3 Å². The van der Waals surface area contributed by atoms with Crippen LogP contribution < -0.4 is 11.1 Å². The molecule has 5 rings (SSSR count). The summed E-state index contributed by atoms with van der Waals surface area (Å²) in [5.74, 6) is 0.531. The smallest absolute Gasteiger partial charge is 0.461 e. The molecule has 9 heteroatoms. The maximum atomic E-state index is 13.0. The minimum Gasteiger partial charge on any atom is -0.461 e. The fourth-order valence-corrected chi connectivity index (χ4v) is 6.32.